The van der Waals surface area contributed by atoms with Crippen molar-refractivity contribution in [3.63, 3.8) is 0 Å². The molecule has 0 saturated heterocycles. The van der Waals surface area contributed by atoms with E-state index in [1.54, 1.807) is 7.11 Å². The molecule has 0 aromatic carbocycles. The van der Waals surface area contributed by atoms with Crippen LogP contribution in [0.25, 0.3) is 0 Å². The van der Waals surface area contributed by atoms with Gasteiger partial charge >= 0.3 is 0 Å². The first-order chi connectivity index (χ1) is 8.17. The molecule has 1 fully saturated rings. The van der Waals surface area contributed by atoms with Crippen LogP contribution in [0.5, 0.6) is 0 Å². The molecule has 2 nitrogen and oxygen atoms in total. The molecule has 0 aromatic rings. The summed E-state index contributed by atoms with van der Waals surface area (Å²) in [4.78, 5) is 0. The molecule has 0 aliphatic heterocycles. The van der Waals surface area contributed by atoms with Gasteiger partial charge in [-0.15, -0.1) is 0 Å². The minimum atomic E-state index is 0.670. The third-order valence-corrected chi connectivity index (χ3v) is 4.20. The third-order valence-electron chi connectivity index (χ3n) is 4.20. The zero-order valence-electron chi connectivity index (χ0n) is 12.2. The van der Waals surface area contributed by atoms with Crippen LogP contribution in [-0.4, -0.2) is 26.3 Å². The molecule has 1 aliphatic carbocycles. The van der Waals surface area contributed by atoms with Crippen molar-refractivity contribution in [2.75, 3.05) is 20.3 Å². The summed E-state index contributed by atoms with van der Waals surface area (Å²) in [5, 5.41) is 3.70. The number of ether oxygens (including phenoxy) is 1. The fourth-order valence-corrected chi connectivity index (χ4v) is 3.18. The second-order valence-corrected chi connectivity index (χ2v) is 5.98. The van der Waals surface area contributed by atoms with Gasteiger partial charge in [0.2, 0.25) is 0 Å². The van der Waals surface area contributed by atoms with Crippen molar-refractivity contribution in [1.82, 2.24) is 5.32 Å². The number of nitrogens with one attached hydrogen (secondary N) is 1. The second-order valence-electron chi connectivity index (χ2n) is 5.98. The summed E-state index contributed by atoms with van der Waals surface area (Å²) < 4.78 is 5.26. The zero-order chi connectivity index (χ0) is 12.7. The van der Waals surface area contributed by atoms with E-state index in [0.29, 0.717) is 12.0 Å². The van der Waals surface area contributed by atoms with Gasteiger partial charge in [0.05, 0.1) is 0 Å². The largest absolute Gasteiger partial charge is 0.384 e. The Morgan fingerprint density at radius 3 is 2.41 bits per heavy atom. The van der Waals surface area contributed by atoms with E-state index in [2.05, 4.69) is 26.1 Å². The highest BCUT2D eigenvalue weighted by atomic mass is 16.5. The van der Waals surface area contributed by atoms with E-state index in [4.69, 9.17) is 4.74 Å². The zero-order valence-corrected chi connectivity index (χ0v) is 12.2. The molecule has 0 amide bonds. The predicted molar refractivity (Wildman–Crippen MR) is 74.2 cm³/mol. The molecule has 0 spiro atoms. The Hall–Kier alpha value is -0.0800. The van der Waals surface area contributed by atoms with Crippen LogP contribution in [0.4, 0.5) is 0 Å². The Balaban J connectivity index is 2.41. The maximum atomic E-state index is 5.26. The maximum Gasteiger partial charge on any atom is 0.0488 e. The molecule has 0 bridgehead atoms. The average Bonchev–Trinajstić information content (AvgIpc) is 2.30. The lowest BCUT2D eigenvalue weighted by Gasteiger charge is -2.34. The highest BCUT2D eigenvalue weighted by Gasteiger charge is 2.26. The summed E-state index contributed by atoms with van der Waals surface area (Å²) in [6, 6.07) is 0.706. The van der Waals surface area contributed by atoms with Crippen molar-refractivity contribution in [2.24, 2.45) is 17.8 Å². The normalized spacial score (nSPS) is 28.9. The fraction of sp³-hybridized carbons (Fsp3) is 1.00. The van der Waals surface area contributed by atoms with Crippen LogP contribution in [0.1, 0.15) is 52.9 Å². The van der Waals surface area contributed by atoms with E-state index in [1.807, 2.05) is 0 Å². The summed E-state index contributed by atoms with van der Waals surface area (Å²) in [6.45, 7) is 8.91. The Labute approximate surface area is 108 Å². The molecular weight excluding hydrogens is 210 g/mol. The van der Waals surface area contributed by atoms with E-state index >= 15 is 0 Å². The number of hydrogen-bond acceptors (Lipinski definition) is 2. The first kappa shape index (κ1) is 15.0. The number of methoxy groups -OCH3 is 1. The van der Waals surface area contributed by atoms with E-state index in [0.717, 1.165) is 25.0 Å². The minimum absolute atomic E-state index is 0.670. The molecule has 0 heterocycles. The van der Waals surface area contributed by atoms with Crippen molar-refractivity contribution in [3.8, 4) is 0 Å². The Bertz CT molecular complexity index is 187. The highest BCUT2D eigenvalue weighted by molar-refractivity contribution is 4.82. The van der Waals surface area contributed by atoms with Gasteiger partial charge < -0.3 is 10.1 Å². The topological polar surface area (TPSA) is 21.3 Å². The maximum absolute atomic E-state index is 5.26. The quantitative estimate of drug-likeness (QED) is 0.737. The third kappa shape index (κ3) is 5.39. The van der Waals surface area contributed by atoms with Gasteiger partial charge in [-0.25, -0.2) is 0 Å². The Morgan fingerprint density at radius 2 is 1.88 bits per heavy atom. The van der Waals surface area contributed by atoms with E-state index in [9.17, 15) is 0 Å². The summed E-state index contributed by atoms with van der Waals surface area (Å²) in [7, 11) is 1.81. The molecule has 17 heavy (non-hydrogen) atoms. The lowest BCUT2D eigenvalue weighted by Crippen LogP contribution is -2.39. The van der Waals surface area contributed by atoms with Crippen LogP contribution >= 0.6 is 0 Å². The molecule has 1 saturated carbocycles. The van der Waals surface area contributed by atoms with Gasteiger partial charge in [0, 0.05) is 19.8 Å². The standard InChI is InChI=1S/C15H31NO/c1-5-16-15(10-13(3)11-17-4)14-8-6-12(2)7-9-14/h12-16H,5-11H2,1-4H3. The molecule has 0 aromatic heterocycles. The van der Waals surface area contributed by atoms with Gasteiger partial charge in [-0.2, -0.15) is 0 Å². The van der Waals surface area contributed by atoms with Crippen LogP contribution in [-0.2, 0) is 4.74 Å². The summed E-state index contributed by atoms with van der Waals surface area (Å²) in [6.07, 6.45) is 6.94. The van der Waals surface area contributed by atoms with Gasteiger partial charge in [0.1, 0.15) is 0 Å². The SMILES string of the molecule is CCNC(CC(C)COC)C1CCC(C)CC1. The van der Waals surface area contributed by atoms with Gasteiger partial charge in [0.15, 0.2) is 0 Å². The summed E-state index contributed by atoms with van der Waals surface area (Å²) >= 11 is 0. The average molecular weight is 241 g/mol. The smallest absolute Gasteiger partial charge is 0.0488 e. The van der Waals surface area contributed by atoms with Crippen LogP contribution in [0.3, 0.4) is 0 Å². The van der Waals surface area contributed by atoms with Gasteiger partial charge in [-0.1, -0.05) is 33.6 Å². The Kier molecular flexibility index (Phi) is 7.14. The summed E-state index contributed by atoms with van der Waals surface area (Å²) in [5.41, 5.74) is 0. The van der Waals surface area contributed by atoms with Crippen LogP contribution < -0.4 is 5.32 Å². The molecule has 2 atom stereocenters. The van der Waals surface area contributed by atoms with Crippen LogP contribution in [0.15, 0.2) is 0 Å². The molecule has 0 radical (unpaired) electrons. The first-order valence-electron chi connectivity index (χ1n) is 7.39. The molecule has 1 aliphatic rings. The molecule has 2 heteroatoms. The summed E-state index contributed by atoms with van der Waals surface area (Å²) in [5.74, 6) is 2.51. The first-order valence-corrected chi connectivity index (χ1v) is 7.39. The van der Waals surface area contributed by atoms with E-state index in [1.165, 1.54) is 32.1 Å². The predicted octanol–water partition coefficient (Wildman–Crippen LogP) is 3.46. The lowest BCUT2D eigenvalue weighted by molar-refractivity contribution is 0.134. The lowest BCUT2D eigenvalue weighted by atomic mass is 9.77. The van der Waals surface area contributed by atoms with Gasteiger partial charge in [-0.3, -0.25) is 0 Å². The molecule has 1 N–H and O–H groups in total. The minimum Gasteiger partial charge on any atom is -0.384 e. The number of rotatable bonds is 7. The van der Waals surface area contributed by atoms with Crippen molar-refractivity contribution in [2.45, 2.75) is 58.9 Å². The highest BCUT2D eigenvalue weighted by Crippen LogP contribution is 2.32. The molecular formula is C15H31NO. The van der Waals surface area contributed by atoms with Crippen molar-refractivity contribution in [3.05, 3.63) is 0 Å². The van der Waals surface area contributed by atoms with Gasteiger partial charge in [0.25, 0.3) is 0 Å². The number of hydrogen-bond donors (Lipinski definition) is 1. The monoisotopic (exact) mass is 241 g/mol. The van der Waals surface area contributed by atoms with E-state index < -0.39 is 0 Å². The van der Waals surface area contributed by atoms with Crippen molar-refractivity contribution >= 4 is 0 Å². The molecule has 102 valence electrons. The van der Waals surface area contributed by atoms with Crippen molar-refractivity contribution < 1.29 is 4.74 Å². The van der Waals surface area contributed by atoms with Crippen molar-refractivity contribution in [1.29, 1.82) is 0 Å². The van der Waals surface area contributed by atoms with Gasteiger partial charge in [-0.05, 0) is 43.6 Å². The fourth-order valence-electron chi connectivity index (χ4n) is 3.18. The van der Waals surface area contributed by atoms with Crippen LogP contribution in [0, 0.1) is 17.8 Å². The molecule has 1 rings (SSSR count). The second kappa shape index (κ2) is 8.10. The van der Waals surface area contributed by atoms with Crippen LogP contribution in [0.2, 0.25) is 0 Å². The molecule has 2 unspecified atom stereocenters. The van der Waals surface area contributed by atoms with E-state index in [-0.39, 0.29) is 0 Å². The Morgan fingerprint density at radius 1 is 1.24 bits per heavy atom.